The van der Waals surface area contributed by atoms with Crippen molar-refractivity contribution in [3.63, 3.8) is 0 Å². The number of aromatic nitrogens is 2. The van der Waals surface area contributed by atoms with E-state index in [-0.39, 0.29) is 24.2 Å². The average molecular weight is 465 g/mol. The van der Waals surface area contributed by atoms with E-state index in [2.05, 4.69) is 20.8 Å². The first-order chi connectivity index (χ1) is 14.5. The Bertz CT molecular complexity index is 1020. The van der Waals surface area contributed by atoms with Crippen LogP contribution in [0.1, 0.15) is 0 Å². The monoisotopic (exact) mass is 464 g/mol. The summed E-state index contributed by atoms with van der Waals surface area (Å²) in [7, 11) is 1.51. The molecule has 1 heterocycles. The van der Waals surface area contributed by atoms with Crippen molar-refractivity contribution in [3.05, 3.63) is 53.6 Å². The highest BCUT2D eigenvalue weighted by atomic mass is 35.5. The summed E-state index contributed by atoms with van der Waals surface area (Å²) in [6.07, 6.45) is 0. The van der Waals surface area contributed by atoms with Crippen LogP contribution in [0.15, 0.2) is 52.9 Å². The van der Waals surface area contributed by atoms with E-state index >= 15 is 0 Å². The summed E-state index contributed by atoms with van der Waals surface area (Å²) in [6, 6.07) is 14.0. The molecule has 11 heteroatoms. The molecule has 0 radical (unpaired) electrons. The number of hydrogen-bond acceptors (Lipinski definition) is 8. The van der Waals surface area contributed by atoms with Gasteiger partial charge in [0, 0.05) is 5.02 Å². The molecule has 0 atom stereocenters. The fourth-order valence-corrected chi connectivity index (χ4v) is 3.97. The van der Waals surface area contributed by atoms with Crippen molar-refractivity contribution in [1.82, 2.24) is 10.2 Å². The number of nitrogens with zero attached hydrogens (tertiary/aromatic N) is 2. The van der Waals surface area contributed by atoms with E-state index in [1.54, 1.807) is 30.3 Å². The molecule has 0 aliphatic rings. The minimum atomic E-state index is -0.350. The lowest BCUT2D eigenvalue weighted by molar-refractivity contribution is -0.118. The molecule has 1 aromatic heterocycles. The van der Waals surface area contributed by atoms with Gasteiger partial charge in [-0.15, -0.1) is 10.2 Å². The number of benzene rings is 2. The number of amides is 2. The topological polar surface area (TPSA) is 102 Å². The lowest BCUT2D eigenvalue weighted by atomic mass is 10.3. The van der Waals surface area contributed by atoms with Gasteiger partial charge in [0.05, 0.1) is 18.6 Å². The minimum absolute atomic E-state index is 0.107. The van der Waals surface area contributed by atoms with Gasteiger partial charge in [-0.05, 0) is 30.3 Å². The number of para-hydroxylation sites is 1. The predicted molar refractivity (Wildman–Crippen MR) is 118 cm³/mol. The number of hydrogen-bond donors (Lipinski definition) is 2. The van der Waals surface area contributed by atoms with Gasteiger partial charge in [-0.25, -0.2) is 0 Å². The molecule has 30 heavy (non-hydrogen) atoms. The second-order valence-electron chi connectivity index (χ2n) is 5.70. The first-order valence-electron chi connectivity index (χ1n) is 8.61. The molecule has 0 aliphatic heterocycles. The van der Waals surface area contributed by atoms with Gasteiger partial charge in [-0.2, -0.15) is 0 Å². The molecule has 156 valence electrons. The smallest absolute Gasteiger partial charge is 0.264 e. The lowest BCUT2D eigenvalue weighted by Gasteiger charge is -2.09. The van der Waals surface area contributed by atoms with Gasteiger partial charge >= 0.3 is 0 Å². The van der Waals surface area contributed by atoms with E-state index in [0.29, 0.717) is 31.7 Å². The summed E-state index contributed by atoms with van der Waals surface area (Å²) >= 11 is 8.33. The second-order valence-corrected chi connectivity index (χ2v) is 8.34. The summed E-state index contributed by atoms with van der Waals surface area (Å²) in [5, 5.41) is 14.0. The summed E-state index contributed by atoms with van der Waals surface area (Å²) in [6.45, 7) is -0.143. The Labute approximate surface area is 185 Å². The van der Waals surface area contributed by atoms with Crippen LogP contribution in [0, 0.1) is 0 Å². The molecule has 8 nitrogen and oxygen atoms in total. The number of anilines is 2. The number of rotatable bonds is 9. The minimum Gasteiger partial charge on any atom is -0.495 e. The van der Waals surface area contributed by atoms with Crippen LogP contribution in [0.2, 0.25) is 5.02 Å². The van der Waals surface area contributed by atoms with Crippen LogP contribution >= 0.6 is 34.7 Å². The van der Waals surface area contributed by atoms with Crippen molar-refractivity contribution in [2.24, 2.45) is 0 Å². The second kappa shape index (κ2) is 10.8. The number of carbonyl (C=O) groups excluding carboxylic acids is 2. The van der Waals surface area contributed by atoms with E-state index < -0.39 is 0 Å². The van der Waals surface area contributed by atoms with E-state index in [9.17, 15) is 9.59 Å². The molecule has 0 spiro atoms. The van der Waals surface area contributed by atoms with Crippen molar-refractivity contribution in [2.75, 3.05) is 30.1 Å². The van der Waals surface area contributed by atoms with Crippen LogP contribution in [0.3, 0.4) is 0 Å². The third-order valence-electron chi connectivity index (χ3n) is 3.53. The molecule has 2 aromatic carbocycles. The Morgan fingerprint density at radius 3 is 2.67 bits per heavy atom. The van der Waals surface area contributed by atoms with Gasteiger partial charge in [0.2, 0.25) is 11.0 Å². The molecule has 0 fully saturated rings. The standard InChI is InChI=1S/C19H17ClN4O4S2/c1-27-15-8-7-12(20)9-14(15)21-17(26)11-29-19-24-23-18(30-19)22-16(25)10-28-13-5-3-2-4-6-13/h2-9H,10-11H2,1H3,(H,21,26)(H,22,23,25). The normalized spacial score (nSPS) is 10.3. The molecule has 0 saturated heterocycles. The zero-order chi connectivity index (χ0) is 21.3. The largest absolute Gasteiger partial charge is 0.495 e. The maximum absolute atomic E-state index is 12.2. The molecule has 0 bridgehead atoms. The number of nitrogens with one attached hydrogen (secondary N) is 2. The van der Waals surface area contributed by atoms with Crippen molar-refractivity contribution >= 4 is 57.3 Å². The van der Waals surface area contributed by atoms with Crippen LogP contribution in [0.4, 0.5) is 10.8 Å². The zero-order valence-corrected chi connectivity index (χ0v) is 18.1. The molecule has 2 N–H and O–H groups in total. The number of ether oxygens (including phenoxy) is 2. The van der Waals surface area contributed by atoms with E-state index in [4.69, 9.17) is 21.1 Å². The Morgan fingerprint density at radius 1 is 1.10 bits per heavy atom. The van der Waals surface area contributed by atoms with Crippen molar-refractivity contribution in [3.8, 4) is 11.5 Å². The highest BCUT2D eigenvalue weighted by molar-refractivity contribution is 8.01. The van der Waals surface area contributed by atoms with Crippen LogP contribution in [-0.2, 0) is 9.59 Å². The van der Waals surface area contributed by atoms with E-state index in [1.807, 2.05) is 18.2 Å². The van der Waals surface area contributed by atoms with E-state index in [1.165, 1.54) is 30.2 Å². The highest BCUT2D eigenvalue weighted by Crippen LogP contribution is 2.29. The summed E-state index contributed by atoms with van der Waals surface area (Å²) < 4.78 is 11.1. The maximum atomic E-state index is 12.2. The third kappa shape index (κ3) is 6.61. The quantitative estimate of drug-likeness (QED) is 0.365. The maximum Gasteiger partial charge on any atom is 0.264 e. The Balaban J connectivity index is 1.45. The number of thioether (sulfide) groups is 1. The Kier molecular flexibility index (Phi) is 7.89. The van der Waals surface area contributed by atoms with Crippen LogP contribution in [0.5, 0.6) is 11.5 Å². The molecule has 2 amide bonds. The predicted octanol–water partition coefficient (Wildman–Crippen LogP) is 3.95. The van der Waals surface area contributed by atoms with Gasteiger partial charge in [-0.1, -0.05) is 52.9 Å². The lowest BCUT2D eigenvalue weighted by Crippen LogP contribution is -2.20. The first-order valence-corrected chi connectivity index (χ1v) is 10.8. The molecule has 3 rings (SSSR count). The fraction of sp³-hybridized carbons (Fsp3) is 0.158. The molecule has 0 aliphatic carbocycles. The fourth-order valence-electron chi connectivity index (χ4n) is 2.23. The highest BCUT2D eigenvalue weighted by Gasteiger charge is 2.13. The Morgan fingerprint density at radius 2 is 1.90 bits per heavy atom. The van der Waals surface area contributed by atoms with Crippen LogP contribution in [0.25, 0.3) is 0 Å². The van der Waals surface area contributed by atoms with Crippen LogP contribution < -0.4 is 20.1 Å². The first kappa shape index (κ1) is 21.9. The molecule has 3 aromatic rings. The summed E-state index contributed by atoms with van der Waals surface area (Å²) in [5.41, 5.74) is 0.485. The average Bonchev–Trinajstić information content (AvgIpc) is 3.19. The van der Waals surface area contributed by atoms with Crippen LogP contribution in [-0.4, -0.2) is 41.5 Å². The Hall–Kier alpha value is -2.82. The molecular weight excluding hydrogens is 448 g/mol. The molecule has 0 saturated carbocycles. The van der Waals surface area contributed by atoms with Gasteiger partial charge < -0.3 is 14.8 Å². The van der Waals surface area contributed by atoms with Gasteiger partial charge in [0.25, 0.3) is 5.91 Å². The van der Waals surface area contributed by atoms with Crippen molar-refractivity contribution < 1.29 is 19.1 Å². The number of carbonyl (C=O) groups is 2. The zero-order valence-electron chi connectivity index (χ0n) is 15.8. The van der Waals surface area contributed by atoms with Gasteiger partial charge in [-0.3, -0.25) is 14.9 Å². The summed E-state index contributed by atoms with van der Waals surface area (Å²) in [4.78, 5) is 24.2. The molecular formula is C19H17ClN4O4S2. The number of methoxy groups -OCH3 is 1. The van der Waals surface area contributed by atoms with Crippen molar-refractivity contribution in [2.45, 2.75) is 4.34 Å². The van der Waals surface area contributed by atoms with E-state index in [0.717, 1.165) is 0 Å². The van der Waals surface area contributed by atoms with Gasteiger partial charge in [0.15, 0.2) is 10.9 Å². The summed E-state index contributed by atoms with van der Waals surface area (Å²) in [5.74, 6) is 0.616. The van der Waals surface area contributed by atoms with Gasteiger partial charge in [0.1, 0.15) is 11.5 Å². The molecule has 0 unspecified atom stereocenters. The van der Waals surface area contributed by atoms with Crippen molar-refractivity contribution in [1.29, 1.82) is 0 Å². The number of halogens is 1. The SMILES string of the molecule is COc1ccc(Cl)cc1NC(=O)CSc1nnc(NC(=O)COc2ccccc2)s1. The third-order valence-corrected chi connectivity index (χ3v) is 5.74.